The Kier molecular flexibility index (Phi) is 7.42. The number of rotatable bonds is 9. The Balaban J connectivity index is 2.20. The van der Waals surface area contributed by atoms with Gasteiger partial charge in [0.15, 0.2) is 0 Å². The van der Waals surface area contributed by atoms with Crippen LogP contribution < -0.4 is 10.5 Å². The van der Waals surface area contributed by atoms with Crippen molar-refractivity contribution in [2.24, 2.45) is 5.73 Å². The number of aromatic nitrogens is 1. The van der Waals surface area contributed by atoms with Gasteiger partial charge < -0.3 is 10.5 Å². The van der Waals surface area contributed by atoms with Gasteiger partial charge in [-0.15, -0.1) is 0 Å². The van der Waals surface area contributed by atoms with Crippen molar-refractivity contribution in [3.63, 3.8) is 0 Å². The highest BCUT2D eigenvalue weighted by molar-refractivity contribution is 5.18. The Morgan fingerprint density at radius 3 is 2.61 bits per heavy atom. The number of hydrogen-bond acceptors (Lipinski definition) is 3. The first kappa shape index (κ1) is 15.0. The molecule has 0 aliphatic rings. The Morgan fingerprint density at radius 2 is 2.00 bits per heavy atom. The zero-order chi connectivity index (χ0) is 13.2. The summed E-state index contributed by atoms with van der Waals surface area (Å²) in [6.07, 6.45) is 10.4. The minimum atomic E-state index is 0.252. The lowest BCUT2D eigenvalue weighted by Crippen LogP contribution is -2.22. The molecule has 1 atom stereocenters. The maximum Gasteiger partial charge on any atom is 0.212 e. The molecule has 0 saturated heterocycles. The minimum Gasteiger partial charge on any atom is -0.481 e. The summed E-state index contributed by atoms with van der Waals surface area (Å²) in [6.45, 7) is 2.24. The molecule has 0 radical (unpaired) electrons. The lowest BCUT2D eigenvalue weighted by Gasteiger charge is -2.11. The molecular weight excluding hydrogens is 224 g/mol. The van der Waals surface area contributed by atoms with Crippen molar-refractivity contribution in [3.05, 3.63) is 23.9 Å². The Bertz CT molecular complexity index is 311. The normalized spacial score (nSPS) is 12.4. The van der Waals surface area contributed by atoms with Crippen LogP contribution in [0.25, 0.3) is 0 Å². The van der Waals surface area contributed by atoms with Crippen LogP contribution in [0.3, 0.4) is 0 Å². The van der Waals surface area contributed by atoms with Crippen molar-refractivity contribution in [2.45, 2.75) is 57.9 Å². The van der Waals surface area contributed by atoms with Crippen LogP contribution in [0.1, 0.15) is 51.0 Å². The summed E-state index contributed by atoms with van der Waals surface area (Å²) >= 11 is 0. The van der Waals surface area contributed by atoms with E-state index in [2.05, 4.69) is 11.9 Å². The molecule has 0 amide bonds. The molecule has 2 N–H and O–H groups in total. The first-order valence-electron chi connectivity index (χ1n) is 7.00. The van der Waals surface area contributed by atoms with Gasteiger partial charge in [-0.2, -0.15) is 0 Å². The minimum absolute atomic E-state index is 0.252. The fourth-order valence-corrected chi connectivity index (χ4v) is 2.07. The molecule has 18 heavy (non-hydrogen) atoms. The molecule has 1 aromatic heterocycles. The number of methoxy groups -OCH3 is 1. The molecule has 1 rings (SSSR count). The van der Waals surface area contributed by atoms with Gasteiger partial charge >= 0.3 is 0 Å². The summed E-state index contributed by atoms with van der Waals surface area (Å²) in [5, 5.41) is 0. The molecule has 3 nitrogen and oxygen atoms in total. The SMILES string of the molecule is CCCCCCCC(N)Cc1ccc(OC)nc1. The van der Waals surface area contributed by atoms with E-state index in [1.165, 1.54) is 37.7 Å². The average molecular weight is 250 g/mol. The quantitative estimate of drug-likeness (QED) is 0.684. The van der Waals surface area contributed by atoms with Crippen LogP contribution in [0, 0.1) is 0 Å². The number of pyridine rings is 1. The van der Waals surface area contributed by atoms with E-state index in [9.17, 15) is 0 Å². The summed E-state index contributed by atoms with van der Waals surface area (Å²) in [7, 11) is 1.63. The van der Waals surface area contributed by atoms with Crippen molar-refractivity contribution >= 4 is 0 Å². The maximum atomic E-state index is 6.13. The van der Waals surface area contributed by atoms with Gasteiger partial charge in [0, 0.05) is 18.3 Å². The number of nitrogens with two attached hydrogens (primary N) is 1. The molecule has 3 heteroatoms. The smallest absolute Gasteiger partial charge is 0.212 e. The molecule has 0 saturated carbocycles. The first-order chi connectivity index (χ1) is 8.76. The van der Waals surface area contributed by atoms with Crippen molar-refractivity contribution < 1.29 is 4.74 Å². The molecule has 1 aromatic rings. The van der Waals surface area contributed by atoms with Crippen LogP contribution in [-0.4, -0.2) is 18.1 Å². The number of unbranched alkanes of at least 4 members (excludes halogenated alkanes) is 4. The third kappa shape index (κ3) is 6.01. The van der Waals surface area contributed by atoms with Gasteiger partial charge in [0.05, 0.1) is 7.11 Å². The topological polar surface area (TPSA) is 48.1 Å². The van der Waals surface area contributed by atoms with Gasteiger partial charge in [-0.05, 0) is 18.4 Å². The van der Waals surface area contributed by atoms with Crippen LogP contribution in [0.2, 0.25) is 0 Å². The standard InChI is InChI=1S/C15H26N2O/c1-3-4-5-6-7-8-14(16)11-13-9-10-15(18-2)17-12-13/h9-10,12,14H,3-8,11,16H2,1-2H3. The van der Waals surface area contributed by atoms with Gasteiger partial charge in [-0.3, -0.25) is 0 Å². The third-order valence-electron chi connectivity index (χ3n) is 3.18. The van der Waals surface area contributed by atoms with Crippen LogP contribution in [0.5, 0.6) is 5.88 Å². The number of nitrogens with zero attached hydrogens (tertiary/aromatic N) is 1. The Hall–Kier alpha value is -1.09. The van der Waals surface area contributed by atoms with E-state index in [0.29, 0.717) is 5.88 Å². The van der Waals surface area contributed by atoms with Gasteiger partial charge in [0.25, 0.3) is 0 Å². The van der Waals surface area contributed by atoms with E-state index in [1.807, 2.05) is 18.3 Å². The van der Waals surface area contributed by atoms with Crippen molar-refractivity contribution in [1.82, 2.24) is 4.98 Å². The van der Waals surface area contributed by atoms with Crippen molar-refractivity contribution in [1.29, 1.82) is 0 Å². The highest BCUT2D eigenvalue weighted by Crippen LogP contribution is 2.11. The molecule has 0 aliphatic heterocycles. The lowest BCUT2D eigenvalue weighted by molar-refractivity contribution is 0.397. The summed E-state index contributed by atoms with van der Waals surface area (Å²) < 4.78 is 5.03. The highest BCUT2D eigenvalue weighted by atomic mass is 16.5. The number of hydrogen-bond donors (Lipinski definition) is 1. The van der Waals surface area contributed by atoms with E-state index in [0.717, 1.165) is 12.8 Å². The first-order valence-corrected chi connectivity index (χ1v) is 7.00. The molecule has 0 aliphatic carbocycles. The van der Waals surface area contributed by atoms with Crippen molar-refractivity contribution in [2.75, 3.05) is 7.11 Å². The summed E-state index contributed by atoms with van der Waals surface area (Å²) in [5.74, 6) is 0.659. The summed E-state index contributed by atoms with van der Waals surface area (Å²) in [5.41, 5.74) is 7.32. The van der Waals surface area contributed by atoms with Gasteiger partial charge in [0.1, 0.15) is 0 Å². The van der Waals surface area contributed by atoms with Gasteiger partial charge in [-0.25, -0.2) is 4.98 Å². The molecule has 102 valence electrons. The molecule has 0 fully saturated rings. The lowest BCUT2D eigenvalue weighted by atomic mass is 10.0. The van der Waals surface area contributed by atoms with Gasteiger partial charge in [0.2, 0.25) is 5.88 Å². The monoisotopic (exact) mass is 250 g/mol. The second kappa shape index (κ2) is 8.92. The van der Waals surface area contributed by atoms with E-state index < -0.39 is 0 Å². The molecule has 0 spiro atoms. The fraction of sp³-hybridized carbons (Fsp3) is 0.667. The van der Waals surface area contributed by atoms with E-state index in [-0.39, 0.29) is 6.04 Å². The maximum absolute atomic E-state index is 6.13. The Morgan fingerprint density at radius 1 is 1.22 bits per heavy atom. The summed E-state index contributed by atoms with van der Waals surface area (Å²) in [4.78, 5) is 4.19. The number of ether oxygens (including phenoxy) is 1. The molecule has 1 heterocycles. The predicted octanol–water partition coefficient (Wildman–Crippen LogP) is 3.32. The predicted molar refractivity (Wildman–Crippen MR) is 75.8 cm³/mol. The van der Waals surface area contributed by atoms with Crippen LogP contribution in [0.4, 0.5) is 0 Å². The fourth-order valence-electron chi connectivity index (χ4n) is 2.07. The molecule has 0 aromatic carbocycles. The van der Waals surface area contributed by atoms with Gasteiger partial charge in [-0.1, -0.05) is 45.1 Å². The molecule has 0 bridgehead atoms. The largest absolute Gasteiger partial charge is 0.481 e. The Labute approximate surface area is 111 Å². The van der Waals surface area contributed by atoms with Crippen molar-refractivity contribution in [3.8, 4) is 5.88 Å². The zero-order valence-corrected chi connectivity index (χ0v) is 11.7. The van der Waals surface area contributed by atoms with Crippen LogP contribution in [-0.2, 0) is 6.42 Å². The van der Waals surface area contributed by atoms with E-state index in [4.69, 9.17) is 10.5 Å². The van der Waals surface area contributed by atoms with E-state index >= 15 is 0 Å². The second-order valence-electron chi connectivity index (χ2n) is 4.88. The van der Waals surface area contributed by atoms with Crippen LogP contribution in [0.15, 0.2) is 18.3 Å². The average Bonchev–Trinajstić information content (AvgIpc) is 2.39. The molecule has 1 unspecified atom stereocenters. The zero-order valence-electron chi connectivity index (χ0n) is 11.7. The van der Waals surface area contributed by atoms with Crippen LogP contribution >= 0.6 is 0 Å². The van der Waals surface area contributed by atoms with E-state index in [1.54, 1.807) is 7.11 Å². The second-order valence-corrected chi connectivity index (χ2v) is 4.88. The molecular formula is C15H26N2O. The third-order valence-corrected chi connectivity index (χ3v) is 3.18. The highest BCUT2D eigenvalue weighted by Gasteiger charge is 2.04. The summed E-state index contributed by atoms with van der Waals surface area (Å²) in [6, 6.07) is 4.19.